The molecule has 3 N–H and O–H groups in total. The summed E-state index contributed by atoms with van der Waals surface area (Å²) >= 11 is 1.33. The van der Waals surface area contributed by atoms with Crippen LogP contribution in [0.5, 0.6) is 28.7 Å². The van der Waals surface area contributed by atoms with Gasteiger partial charge >= 0.3 is 0 Å². The summed E-state index contributed by atoms with van der Waals surface area (Å²) in [5.74, 6) is 1.28. The van der Waals surface area contributed by atoms with Crippen molar-refractivity contribution in [2.75, 3.05) is 51.9 Å². The van der Waals surface area contributed by atoms with Gasteiger partial charge in [0.2, 0.25) is 5.91 Å². The summed E-state index contributed by atoms with van der Waals surface area (Å²) in [4.78, 5) is 40.0. The number of ether oxygens (including phenoxy) is 5. The molecule has 0 aliphatic rings. The molecule has 11 nitrogen and oxygen atoms in total. The van der Waals surface area contributed by atoms with Crippen LogP contribution >= 0.6 is 11.8 Å². The smallest absolute Gasteiger partial charge is 0.272 e. The van der Waals surface area contributed by atoms with Crippen molar-refractivity contribution < 1.29 is 38.1 Å². The van der Waals surface area contributed by atoms with E-state index in [0.717, 1.165) is 4.90 Å². The molecule has 0 fully saturated rings. The third-order valence-electron chi connectivity index (χ3n) is 6.68. The molecule has 0 unspecified atom stereocenters. The summed E-state index contributed by atoms with van der Waals surface area (Å²) in [6, 6.07) is 23.9. The molecule has 3 amide bonds. The number of hydrogen-bond donors (Lipinski definition) is 3. The lowest BCUT2D eigenvalue weighted by Crippen LogP contribution is -2.30. The Kier molecular flexibility index (Phi) is 12.1. The van der Waals surface area contributed by atoms with Gasteiger partial charge in [-0.05, 0) is 48.5 Å². The maximum atomic E-state index is 13.6. The van der Waals surface area contributed by atoms with Gasteiger partial charge in [-0.1, -0.05) is 18.2 Å². The van der Waals surface area contributed by atoms with Gasteiger partial charge in [-0.15, -0.1) is 11.8 Å². The predicted octanol–water partition coefficient (Wildman–Crippen LogP) is 5.87. The number of anilines is 2. The topological polar surface area (TPSA) is 133 Å². The highest BCUT2D eigenvalue weighted by molar-refractivity contribution is 8.00. The Hall–Kier alpha value is -5.62. The molecule has 0 radical (unpaired) electrons. The lowest BCUT2D eigenvalue weighted by atomic mass is 10.1. The number of carbonyl (C=O) groups is 3. The molecular formula is C35H35N3O8S. The van der Waals surface area contributed by atoms with Crippen molar-refractivity contribution >= 4 is 46.9 Å². The van der Waals surface area contributed by atoms with E-state index in [9.17, 15) is 14.4 Å². The molecule has 244 valence electrons. The fraction of sp³-hybridized carbons (Fsp3) is 0.171. The highest BCUT2D eigenvalue weighted by Gasteiger charge is 2.18. The zero-order valence-electron chi connectivity index (χ0n) is 26.5. The SMILES string of the molecule is COc1cc(NC(=O)CSc2ccc(NC(=O)/C(=C/c3cc(OC)c(OC)cc3OC)NC(=O)c3ccccc3)cc2)cc(OC)c1. The average Bonchev–Trinajstić information content (AvgIpc) is 3.10. The first-order chi connectivity index (χ1) is 22.8. The van der Waals surface area contributed by atoms with Gasteiger partial charge in [0.15, 0.2) is 11.5 Å². The molecule has 12 heteroatoms. The van der Waals surface area contributed by atoms with Gasteiger partial charge in [-0.2, -0.15) is 0 Å². The second kappa shape index (κ2) is 16.6. The Morgan fingerprint density at radius 3 is 1.87 bits per heavy atom. The molecule has 4 rings (SSSR count). The number of thioether (sulfide) groups is 1. The van der Waals surface area contributed by atoms with Crippen LogP contribution < -0.4 is 39.6 Å². The Morgan fingerprint density at radius 1 is 0.660 bits per heavy atom. The van der Waals surface area contributed by atoms with E-state index in [2.05, 4.69) is 16.0 Å². The first kappa shape index (κ1) is 34.3. The molecular weight excluding hydrogens is 622 g/mol. The van der Waals surface area contributed by atoms with Crippen molar-refractivity contribution in [2.24, 2.45) is 0 Å². The second-order valence-electron chi connectivity index (χ2n) is 9.74. The highest BCUT2D eigenvalue weighted by atomic mass is 32.2. The molecule has 0 atom stereocenters. The number of carbonyl (C=O) groups excluding carboxylic acids is 3. The second-order valence-corrected chi connectivity index (χ2v) is 10.8. The molecule has 0 aliphatic carbocycles. The van der Waals surface area contributed by atoms with Crippen molar-refractivity contribution in [3.63, 3.8) is 0 Å². The standard InChI is InChI=1S/C35H35N3O8S/c1-42-26-17-25(18-27(19-26)43-2)36-33(39)21-47-28-13-11-24(12-14-28)37-35(41)29(38-34(40)22-9-7-6-8-10-22)15-23-16-31(45-4)32(46-5)20-30(23)44-3/h6-20H,21H2,1-5H3,(H,36,39)(H,37,41)(H,38,40)/b29-15-. The minimum Gasteiger partial charge on any atom is -0.497 e. The fourth-order valence-electron chi connectivity index (χ4n) is 4.32. The first-order valence-electron chi connectivity index (χ1n) is 14.2. The highest BCUT2D eigenvalue weighted by Crippen LogP contribution is 2.36. The van der Waals surface area contributed by atoms with E-state index in [-0.39, 0.29) is 17.4 Å². The molecule has 0 bridgehead atoms. The molecule has 4 aromatic carbocycles. The van der Waals surface area contributed by atoms with Crippen molar-refractivity contribution in [3.05, 3.63) is 102 Å². The molecule has 0 saturated heterocycles. The van der Waals surface area contributed by atoms with Gasteiger partial charge in [0.25, 0.3) is 11.8 Å². The van der Waals surface area contributed by atoms with Crippen molar-refractivity contribution in [2.45, 2.75) is 4.90 Å². The minimum atomic E-state index is -0.570. The monoisotopic (exact) mass is 657 g/mol. The van der Waals surface area contributed by atoms with E-state index in [4.69, 9.17) is 23.7 Å². The number of hydrogen-bond acceptors (Lipinski definition) is 9. The van der Waals surface area contributed by atoms with E-state index < -0.39 is 11.8 Å². The summed E-state index contributed by atoms with van der Waals surface area (Å²) in [7, 11) is 7.56. The molecule has 0 saturated carbocycles. The molecule has 0 aliphatic heterocycles. The van der Waals surface area contributed by atoms with E-state index >= 15 is 0 Å². The van der Waals surface area contributed by atoms with Crippen LogP contribution in [0.3, 0.4) is 0 Å². The third kappa shape index (κ3) is 9.44. The van der Waals surface area contributed by atoms with Gasteiger partial charge in [0.1, 0.15) is 22.9 Å². The quantitative estimate of drug-likeness (QED) is 0.112. The lowest BCUT2D eigenvalue weighted by molar-refractivity contribution is -0.114. The molecule has 47 heavy (non-hydrogen) atoms. The van der Waals surface area contributed by atoms with Crippen LogP contribution in [-0.2, 0) is 9.59 Å². The van der Waals surface area contributed by atoms with E-state index in [1.807, 2.05) is 0 Å². The third-order valence-corrected chi connectivity index (χ3v) is 7.69. The zero-order valence-corrected chi connectivity index (χ0v) is 27.4. The van der Waals surface area contributed by atoms with Gasteiger partial charge < -0.3 is 39.6 Å². The van der Waals surface area contributed by atoms with E-state index in [1.54, 1.807) is 84.9 Å². The summed E-state index contributed by atoms with van der Waals surface area (Å²) < 4.78 is 26.8. The average molecular weight is 658 g/mol. The molecule has 0 spiro atoms. The molecule has 0 heterocycles. The molecule has 4 aromatic rings. The van der Waals surface area contributed by atoms with Crippen LogP contribution in [0.4, 0.5) is 11.4 Å². The summed E-state index contributed by atoms with van der Waals surface area (Å²) in [6.45, 7) is 0. The van der Waals surface area contributed by atoms with Crippen LogP contribution in [0.15, 0.2) is 95.5 Å². The number of nitrogens with one attached hydrogen (secondary N) is 3. The summed E-state index contributed by atoms with van der Waals surface area (Å²) in [6.07, 6.45) is 1.50. The van der Waals surface area contributed by atoms with Crippen LogP contribution in [0, 0.1) is 0 Å². The maximum Gasteiger partial charge on any atom is 0.272 e. The lowest BCUT2D eigenvalue weighted by Gasteiger charge is -2.15. The Bertz CT molecular complexity index is 1720. The number of rotatable bonds is 14. The van der Waals surface area contributed by atoms with Gasteiger partial charge in [-0.3, -0.25) is 14.4 Å². The molecule has 0 aromatic heterocycles. The van der Waals surface area contributed by atoms with Gasteiger partial charge in [0.05, 0.1) is 41.3 Å². The van der Waals surface area contributed by atoms with Crippen molar-refractivity contribution in [1.29, 1.82) is 0 Å². The number of methoxy groups -OCH3 is 5. The largest absolute Gasteiger partial charge is 0.497 e. The van der Waals surface area contributed by atoms with E-state index in [0.29, 0.717) is 51.2 Å². The normalized spacial score (nSPS) is 10.8. The minimum absolute atomic E-state index is 0.0336. The van der Waals surface area contributed by atoms with Crippen LogP contribution in [-0.4, -0.2) is 59.0 Å². The Labute approximate surface area is 277 Å². The fourth-order valence-corrected chi connectivity index (χ4v) is 5.02. The Morgan fingerprint density at radius 2 is 1.28 bits per heavy atom. The summed E-state index contributed by atoms with van der Waals surface area (Å²) in [5.41, 5.74) is 1.85. The van der Waals surface area contributed by atoms with Crippen molar-refractivity contribution in [1.82, 2.24) is 5.32 Å². The van der Waals surface area contributed by atoms with Gasteiger partial charge in [0, 0.05) is 51.7 Å². The summed E-state index contributed by atoms with van der Waals surface area (Å²) in [5, 5.41) is 8.38. The first-order valence-corrected chi connectivity index (χ1v) is 15.2. The van der Waals surface area contributed by atoms with Crippen LogP contribution in [0.25, 0.3) is 6.08 Å². The van der Waals surface area contributed by atoms with Gasteiger partial charge in [-0.25, -0.2) is 0 Å². The van der Waals surface area contributed by atoms with Crippen LogP contribution in [0.1, 0.15) is 15.9 Å². The number of benzene rings is 4. The Balaban J connectivity index is 1.48. The maximum absolute atomic E-state index is 13.6. The predicted molar refractivity (Wildman–Crippen MR) is 182 cm³/mol. The van der Waals surface area contributed by atoms with E-state index in [1.165, 1.54) is 53.4 Å². The number of amides is 3. The van der Waals surface area contributed by atoms with Crippen molar-refractivity contribution in [3.8, 4) is 28.7 Å². The van der Waals surface area contributed by atoms with Crippen LogP contribution in [0.2, 0.25) is 0 Å². The zero-order chi connectivity index (χ0) is 33.8.